The monoisotopic (exact) mass is 558 g/mol. The van der Waals surface area contributed by atoms with Crippen LogP contribution >= 0.6 is 0 Å². The average molecular weight is 559 g/mol. The minimum absolute atomic E-state index is 0.165. The molecule has 0 aliphatic carbocycles. The summed E-state index contributed by atoms with van der Waals surface area (Å²) < 4.78 is 43.4. The highest BCUT2D eigenvalue weighted by molar-refractivity contribution is 7.92. The van der Waals surface area contributed by atoms with Crippen molar-refractivity contribution in [2.45, 2.75) is 32.6 Å². The second kappa shape index (κ2) is 11.8. The largest absolute Gasteiger partial charge is 0.483 e. The first-order valence-electron chi connectivity index (χ1n) is 12.0. The van der Waals surface area contributed by atoms with Gasteiger partial charge in [0.25, 0.3) is 6.47 Å². The molecule has 0 bridgehead atoms. The van der Waals surface area contributed by atoms with Gasteiger partial charge in [0.15, 0.2) is 0 Å². The summed E-state index contributed by atoms with van der Waals surface area (Å²) in [6.45, 7) is 6.19. The van der Waals surface area contributed by atoms with Crippen molar-refractivity contribution in [1.82, 2.24) is 25.1 Å². The van der Waals surface area contributed by atoms with Crippen LogP contribution in [0.5, 0.6) is 5.88 Å². The van der Waals surface area contributed by atoms with Gasteiger partial charge in [0.05, 0.1) is 50.0 Å². The van der Waals surface area contributed by atoms with Crippen LogP contribution in [0.15, 0.2) is 41.2 Å². The zero-order chi connectivity index (χ0) is 28.2. The second-order valence-corrected chi connectivity index (χ2v) is 10.9. The summed E-state index contributed by atoms with van der Waals surface area (Å²) in [5.74, 6) is 1.42. The highest BCUT2D eigenvalue weighted by Crippen LogP contribution is 2.35. The number of benzene rings is 1. The molecule has 0 amide bonds. The zero-order valence-electron chi connectivity index (χ0n) is 21.9. The van der Waals surface area contributed by atoms with Gasteiger partial charge in [0, 0.05) is 35.8 Å². The molecule has 0 unspecified atom stereocenters. The number of anilines is 1. The summed E-state index contributed by atoms with van der Waals surface area (Å²) in [7, 11) is -2.09. The zero-order valence-corrected chi connectivity index (χ0v) is 22.7. The molecule has 14 heteroatoms. The standard InChI is InChI=1S/C24H28N6O5S.CH2O2/c1-14-11-30(12-15(2)34-14)13-18-9-26-23(35-18)19-5-16(6-21-20(19)10-27-28-21)17-7-22(29-36(4,31)32)24(33-3)25-8-17;2-1-3/h5-10,14-15,29H,11-13H2,1-4H3,(H,27,28);1H,(H,2,3)/t14-,15+;. The molecule has 1 fully saturated rings. The fourth-order valence-corrected chi connectivity index (χ4v) is 5.13. The molecule has 1 saturated heterocycles. The lowest BCUT2D eigenvalue weighted by Gasteiger charge is -2.34. The number of ether oxygens (including phenoxy) is 2. The smallest absolute Gasteiger partial charge is 0.290 e. The van der Waals surface area contributed by atoms with Crippen molar-refractivity contribution in [2.75, 3.05) is 31.2 Å². The van der Waals surface area contributed by atoms with Crippen LogP contribution in [0.2, 0.25) is 0 Å². The Morgan fingerprint density at radius 2 is 1.87 bits per heavy atom. The van der Waals surface area contributed by atoms with Crippen molar-refractivity contribution in [2.24, 2.45) is 0 Å². The molecular weight excluding hydrogens is 528 g/mol. The molecular formula is C25H30N6O7S. The molecule has 2 atom stereocenters. The van der Waals surface area contributed by atoms with E-state index in [1.54, 1.807) is 24.7 Å². The third-order valence-corrected chi connectivity index (χ3v) is 6.48. The van der Waals surface area contributed by atoms with Crippen LogP contribution in [0, 0.1) is 0 Å². The topological polar surface area (TPSA) is 173 Å². The summed E-state index contributed by atoms with van der Waals surface area (Å²) in [5, 5.41) is 14.9. The summed E-state index contributed by atoms with van der Waals surface area (Å²) in [6, 6.07) is 5.52. The van der Waals surface area contributed by atoms with Gasteiger partial charge in [-0.05, 0) is 37.6 Å². The van der Waals surface area contributed by atoms with Gasteiger partial charge in [-0.1, -0.05) is 0 Å². The number of rotatable bonds is 7. The van der Waals surface area contributed by atoms with E-state index in [1.165, 1.54) is 7.11 Å². The van der Waals surface area contributed by atoms with Crippen LogP contribution in [0.3, 0.4) is 0 Å². The molecule has 5 rings (SSSR count). The number of nitrogens with zero attached hydrogens (tertiary/aromatic N) is 4. The third kappa shape index (κ3) is 6.90. The van der Waals surface area contributed by atoms with Crippen molar-refractivity contribution >= 4 is 33.1 Å². The number of pyridine rings is 1. The Bertz CT molecular complexity index is 1540. The number of aromatic amines is 1. The number of sulfonamides is 1. The highest BCUT2D eigenvalue weighted by atomic mass is 32.2. The molecule has 0 spiro atoms. The molecule has 1 aromatic carbocycles. The van der Waals surface area contributed by atoms with E-state index in [9.17, 15) is 8.42 Å². The van der Waals surface area contributed by atoms with E-state index in [4.69, 9.17) is 23.8 Å². The van der Waals surface area contributed by atoms with Crippen LogP contribution < -0.4 is 9.46 Å². The maximum absolute atomic E-state index is 11.8. The Kier molecular flexibility index (Phi) is 8.47. The molecule has 4 heterocycles. The lowest BCUT2D eigenvalue weighted by Crippen LogP contribution is -2.44. The normalized spacial score (nSPS) is 17.8. The summed E-state index contributed by atoms with van der Waals surface area (Å²) in [5.41, 5.74) is 3.26. The number of fused-ring (bicyclic) bond motifs is 1. The Balaban J connectivity index is 0.00000112. The van der Waals surface area contributed by atoms with Gasteiger partial charge in [0.2, 0.25) is 21.8 Å². The van der Waals surface area contributed by atoms with Crippen LogP contribution in [0.25, 0.3) is 33.5 Å². The minimum Gasteiger partial charge on any atom is -0.483 e. The molecule has 4 aromatic rings. The first-order chi connectivity index (χ1) is 18.6. The molecule has 13 nitrogen and oxygen atoms in total. The molecule has 1 aliphatic rings. The van der Waals surface area contributed by atoms with E-state index >= 15 is 0 Å². The van der Waals surface area contributed by atoms with Gasteiger partial charge >= 0.3 is 0 Å². The molecule has 0 saturated carbocycles. The van der Waals surface area contributed by atoms with E-state index < -0.39 is 10.0 Å². The molecule has 39 heavy (non-hydrogen) atoms. The van der Waals surface area contributed by atoms with E-state index in [-0.39, 0.29) is 30.2 Å². The predicted molar refractivity (Wildman–Crippen MR) is 144 cm³/mol. The maximum Gasteiger partial charge on any atom is 0.290 e. The van der Waals surface area contributed by atoms with E-state index in [1.807, 2.05) is 12.1 Å². The number of morpholine rings is 1. The van der Waals surface area contributed by atoms with Crippen LogP contribution in [-0.2, 0) is 26.1 Å². The van der Waals surface area contributed by atoms with E-state index in [0.29, 0.717) is 18.0 Å². The lowest BCUT2D eigenvalue weighted by molar-refractivity contribution is -0.122. The SMILES string of the molecule is COc1ncc(-c2cc(-c3ncc(CN4C[C@@H](C)O[C@@H](C)C4)o3)c3cn[nH]c3c2)cc1NS(C)(=O)=O.O=CO. The number of H-pyrrole nitrogens is 1. The van der Waals surface area contributed by atoms with Crippen LogP contribution in [-0.4, -0.2) is 83.7 Å². The number of hydrogen-bond acceptors (Lipinski definition) is 10. The lowest BCUT2D eigenvalue weighted by atomic mass is 10.0. The van der Waals surface area contributed by atoms with Crippen molar-refractivity contribution < 1.29 is 32.2 Å². The fourth-order valence-electron chi connectivity index (χ4n) is 4.58. The summed E-state index contributed by atoms with van der Waals surface area (Å²) in [4.78, 5) is 19.5. The first kappa shape index (κ1) is 28.0. The number of nitrogens with one attached hydrogen (secondary N) is 2. The molecule has 208 valence electrons. The van der Waals surface area contributed by atoms with Gasteiger partial charge in [-0.2, -0.15) is 5.10 Å². The van der Waals surface area contributed by atoms with Gasteiger partial charge in [-0.25, -0.2) is 18.4 Å². The van der Waals surface area contributed by atoms with Gasteiger partial charge in [-0.15, -0.1) is 0 Å². The van der Waals surface area contributed by atoms with Crippen molar-refractivity contribution in [3.63, 3.8) is 0 Å². The maximum atomic E-state index is 11.8. The van der Waals surface area contributed by atoms with Gasteiger partial charge in [0.1, 0.15) is 11.4 Å². The quantitative estimate of drug-likeness (QED) is 0.285. The number of methoxy groups -OCH3 is 1. The summed E-state index contributed by atoms with van der Waals surface area (Å²) >= 11 is 0. The number of aromatic nitrogens is 4. The van der Waals surface area contributed by atoms with Crippen molar-refractivity contribution in [3.8, 4) is 28.5 Å². The predicted octanol–water partition coefficient (Wildman–Crippen LogP) is 2.97. The average Bonchev–Trinajstić information content (AvgIpc) is 3.52. The van der Waals surface area contributed by atoms with Crippen LogP contribution in [0.4, 0.5) is 5.69 Å². The summed E-state index contributed by atoms with van der Waals surface area (Å²) in [6.07, 6.45) is 6.51. The Morgan fingerprint density at radius 3 is 2.54 bits per heavy atom. The molecule has 1 aliphatic heterocycles. The number of carboxylic acid groups (broad SMARTS) is 1. The van der Waals surface area contributed by atoms with E-state index in [0.717, 1.165) is 47.1 Å². The number of carbonyl (C=O) groups is 1. The highest BCUT2D eigenvalue weighted by Gasteiger charge is 2.24. The first-order valence-corrected chi connectivity index (χ1v) is 13.9. The Hall–Kier alpha value is -4.01. The third-order valence-electron chi connectivity index (χ3n) is 5.89. The van der Waals surface area contributed by atoms with Gasteiger partial charge < -0.3 is 19.0 Å². The minimum atomic E-state index is -3.53. The van der Waals surface area contributed by atoms with Crippen molar-refractivity contribution in [1.29, 1.82) is 0 Å². The Labute approximate surface area is 225 Å². The van der Waals surface area contributed by atoms with Gasteiger partial charge in [-0.3, -0.25) is 19.5 Å². The van der Waals surface area contributed by atoms with Crippen molar-refractivity contribution in [3.05, 3.63) is 42.5 Å². The van der Waals surface area contributed by atoms with Crippen LogP contribution in [0.1, 0.15) is 19.6 Å². The fraction of sp³-hybridized carbons (Fsp3) is 0.360. The Morgan fingerprint density at radius 1 is 1.15 bits per heavy atom. The second-order valence-electron chi connectivity index (χ2n) is 9.20. The van der Waals surface area contributed by atoms with E-state index in [2.05, 4.69) is 43.6 Å². The number of hydrogen-bond donors (Lipinski definition) is 3. The number of oxazole rings is 1. The molecule has 0 radical (unpaired) electrons. The molecule has 3 N–H and O–H groups in total. The molecule has 3 aromatic heterocycles.